The van der Waals surface area contributed by atoms with E-state index in [1.807, 2.05) is 0 Å². The van der Waals surface area contributed by atoms with Crippen LogP contribution in [-0.4, -0.2) is 10.6 Å². The molecule has 15 heavy (non-hydrogen) atoms. The highest BCUT2D eigenvalue weighted by atomic mass is 19.4. The summed E-state index contributed by atoms with van der Waals surface area (Å²) in [6.45, 7) is 5.04. The summed E-state index contributed by atoms with van der Waals surface area (Å²) in [7, 11) is 0. The summed E-state index contributed by atoms with van der Waals surface area (Å²) in [5, 5.41) is 0. The lowest BCUT2D eigenvalue weighted by molar-refractivity contribution is -0.143. The average Bonchev–Trinajstić information content (AvgIpc) is 1.99. The zero-order chi connectivity index (χ0) is 11.7. The maximum absolute atomic E-state index is 12.5. The topological polar surface area (TPSA) is 22.1 Å². The first-order valence-corrected chi connectivity index (χ1v) is 4.41. The van der Waals surface area contributed by atoms with E-state index >= 15 is 0 Å². The maximum atomic E-state index is 12.5. The summed E-state index contributed by atoms with van der Waals surface area (Å²) >= 11 is 0. The molecule has 5 heteroatoms. The van der Waals surface area contributed by atoms with E-state index in [2.05, 4.69) is 4.98 Å². The van der Waals surface area contributed by atoms with Crippen LogP contribution in [0.5, 0.6) is 5.75 Å². The van der Waals surface area contributed by atoms with Crippen molar-refractivity contribution >= 4 is 0 Å². The number of ether oxygens (including phenoxy) is 1. The monoisotopic (exact) mass is 219 g/mol. The summed E-state index contributed by atoms with van der Waals surface area (Å²) in [4.78, 5) is 3.28. The molecule has 0 aliphatic carbocycles. The van der Waals surface area contributed by atoms with E-state index in [9.17, 15) is 13.2 Å². The molecule has 1 heterocycles. The van der Waals surface area contributed by atoms with Crippen molar-refractivity contribution in [1.82, 2.24) is 4.98 Å². The van der Waals surface area contributed by atoms with Crippen LogP contribution >= 0.6 is 0 Å². The highest BCUT2D eigenvalue weighted by Crippen LogP contribution is 2.35. The largest absolute Gasteiger partial charge is 0.486 e. The Morgan fingerprint density at radius 1 is 1.20 bits per heavy atom. The molecule has 0 aliphatic heterocycles. The van der Waals surface area contributed by atoms with Crippen LogP contribution in [0.1, 0.15) is 26.5 Å². The first-order valence-electron chi connectivity index (χ1n) is 4.41. The molecular weight excluding hydrogens is 207 g/mol. The minimum absolute atomic E-state index is 0.238. The molecule has 0 atom stereocenters. The van der Waals surface area contributed by atoms with Crippen molar-refractivity contribution in [3.8, 4) is 5.75 Å². The van der Waals surface area contributed by atoms with Crippen molar-refractivity contribution in [3.63, 3.8) is 0 Å². The van der Waals surface area contributed by atoms with Gasteiger partial charge in [0, 0.05) is 6.20 Å². The van der Waals surface area contributed by atoms with Crippen molar-refractivity contribution in [2.75, 3.05) is 0 Å². The second kappa shape index (κ2) is 3.72. The smallest absolute Gasteiger partial charge is 0.437 e. The Morgan fingerprint density at radius 3 is 2.27 bits per heavy atom. The quantitative estimate of drug-likeness (QED) is 0.723. The van der Waals surface area contributed by atoms with Gasteiger partial charge in [-0.05, 0) is 32.9 Å². The molecule has 0 bridgehead atoms. The molecule has 0 radical (unpaired) electrons. The first kappa shape index (κ1) is 11.8. The number of nitrogens with zero attached hydrogens (tertiary/aromatic N) is 1. The number of rotatable bonds is 1. The zero-order valence-corrected chi connectivity index (χ0v) is 8.72. The molecular formula is C10H12F3NO. The fourth-order valence-electron chi connectivity index (χ4n) is 1.02. The van der Waals surface area contributed by atoms with E-state index in [0.717, 1.165) is 6.20 Å². The third-order valence-electron chi connectivity index (χ3n) is 1.46. The summed E-state index contributed by atoms with van der Waals surface area (Å²) in [6.07, 6.45) is -3.39. The van der Waals surface area contributed by atoms with Gasteiger partial charge < -0.3 is 4.74 Å². The Morgan fingerprint density at radius 2 is 1.80 bits per heavy atom. The van der Waals surface area contributed by atoms with Crippen molar-refractivity contribution < 1.29 is 17.9 Å². The number of pyridine rings is 1. The van der Waals surface area contributed by atoms with Crippen LogP contribution in [0.4, 0.5) is 13.2 Å². The summed E-state index contributed by atoms with van der Waals surface area (Å²) in [5.41, 5.74) is -1.66. The van der Waals surface area contributed by atoms with Gasteiger partial charge in [0.25, 0.3) is 0 Å². The molecule has 0 amide bonds. The van der Waals surface area contributed by atoms with Gasteiger partial charge in [-0.2, -0.15) is 13.2 Å². The van der Waals surface area contributed by atoms with Gasteiger partial charge in [0.05, 0.1) is 0 Å². The zero-order valence-electron chi connectivity index (χ0n) is 8.72. The van der Waals surface area contributed by atoms with Gasteiger partial charge >= 0.3 is 6.18 Å². The third-order valence-corrected chi connectivity index (χ3v) is 1.46. The van der Waals surface area contributed by atoms with Crippen LogP contribution in [-0.2, 0) is 6.18 Å². The van der Waals surface area contributed by atoms with Gasteiger partial charge in [-0.1, -0.05) is 0 Å². The van der Waals surface area contributed by atoms with E-state index in [1.54, 1.807) is 20.8 Å². The Labute approximate surface area is 86.1 Å². The molecule has 84 valence electrons. The summed E-state index contributed by atoms with van der Waals surface area (Å²) in [5.74, 6) is -0.238. The van der Waals surface area contributed by atoms with E-state index in [4.69, 9.17) is 4.74 Å². The van der Waals surface area contributed by atoms with E-state index in [1.165, 1.54) is 12.1 Å². The van der Waals surface area contributed by atoms with E-state index in [-0.39, 0.29) is 5.75 Å². The summed E-state index contributed by atoms with van der Waals surface area (Å²) < 4.78 is 42.6. The Kier molecular flexibility index (Phi) is 2.93. The van der Waals surface area contributed by atoms with Gasteiger partial charge in [-0.15, -0.1) is 0 Å². The van der Waals surface area contributed by atoms with E-state index < -0.39 is 17.5 Å². The third kappa shape index (κ3) is 3.42. The highest BCUT2D eigenvalue weighted by molar-refractivity contribution is 5.29. The molecule has 0 saturated carbocycles. The maximum Gasteiger partial charge on any atom is 0.437 e. The number of aromatic nitrogens is 1. The minimum Gasteiger partial charge on any atom is -0.486 e. The second-order valence-electron chi connectivity index (χ2n) is 4.06. The van der Waals surface area contributed by atoms with Gasteiger partial charge in [-0.25, -0.2) is 4.98 Å². The summed E-state index contributed by atoms with van der Waals surface area (Å²) in [6, 6.07) is 2.68. The van der Waals surface area contributed by atoms with Crippen LogP contribution in [0.25, 0.3) is 0 Å². The van der Waals surface area contributed by atoms with Crippen molar-refractivity contribution in [3.05, 3.63) is 24.0 Å². The number of hydrogen-bond donors (Lipinski definition) is 0. The normalized spacial score (nSPS) is 12.7. The number of alkyl halides is 3. The van der Waals surface area contributed by atoms with Crippen molar-refractivity contribution in [1.29, 1.82) is 0 Å². The van der Waals surface area contributed by atoms with Crippen molar-refractivity contribution in [2.45, 2.75) is 32.5 Å². The first-order chi connectivity index (χ1) is 6.70. The van der Waals surface area contributed by atoms with Crippen LogP contribution in [0.15, 0.2) is 18.3 Å². The predicted molar refractivity (Wildman–Crippen MR) is 49.6 cm³/mol. The van der Waals surface area contributed by atoms with Gasteiger partial charge in [0.15, 0.2) is 11.4 Å². The minimum atomic E-state index is -4.48. The molecule has 2 nitrogen and oxygen atoms in total. The Bertz CT molecular complexity index is 341. The molecule has 1 aromatic rings. The fraction of sp³-hybridized carbons (Fsp3) is 0.500. The molecule has 0 fully saturated rings. The Hall–Kier alpha value is -1.26. The highest BCUT2D eigenvalue weighted by Gasteiger charge is 2.37. The van der Waals surface area contributed by atoms with Gasteiger partial charge in [-0.3, -0.25) is 0 Å². The fourth-order valence-corrected chi connectivity index (χ4v) is 1.02. The van der Waals surface area contributed by atoms with Crippen molar-refractivity contribution in [2.24, 2.45) is 0 Å². The van der Waals surface area contributed by atoms with Crippen LogP contribution < -0.4 is 4.74 Å². The standard InChI is InChI=1S/C10H12F3NO/c1-9(2,3)15-7-5-4-6-14-8(7)10(11,12)13/h4-6H,1-3H3. The molecule has 0 aromatic carbocycles. The number of halogens is 3. The van der Waals surface area contributed by atoms with Crippen LogP contribution in [0.3, 0.4) is 0 Å². The SMILES string of the molecule is CC(C)(C)Oc1cccnc1C(F)(F)F. The molecule has 0 N–H and O–H groups in total. The van der Waals surface area contributed by atoms with E-state index in [0.29, 0.717) is 0 Å². The predicted octanol–water partition coefficient (Wildman–Crippen LogP) is 3.28. The molecule has 1 rings (SSSR count). The van der Waals surface area contributed by atoms with Gasteiger partial charge in [0.2, 0.25) is 0 Å². The lowest BCUT2D eigenvalue weighted by Crippen LogP contribution is -2.25. The Balaban J connectivity index is 3.08. The molecule has 0 saturated heterocycles. The lowest BCUT2D eigenvalue weighted by Gasteiger charge is -2.23. The molecule has 1 aromatic heterocycles. The molecule has 0 spiro atoms. The molecule has 0 aliphatic rings. The number of hydrogen-bond acceptors (Lipinski definition) is 2. The lowest BCUT2D eigenvalue weighted by atomic mass is 10.2. The van der Waals surface area contributed by atoms with Crippen LogP contribution in [0.2, 0.25) is 0 Å². The average molecular weight is 219 g/mol. The second-order valence-corrected chi connectivity index (χ2v) is 4.06. The van der Waals surface area contributed by atoms with Crippen LogP contribution in [0, 0.1) is 0 Å². The molecule has 0 unspecified atom stereocenters. The van der Waals surface area contributed by atoms with Gasteiger partial charge in [0.1, 0.15) is 5.60 Å².